The van der Waals surface area contributed by atoms with Crippen molar-refractivity contribution in [1.29, 1.82) is 0 Å². The van der Waals surface area contributed by atoms with Crippen LogP contribution in [0.3, 0.4) is 0 Å². The summed E-state index contributed by atoms with van der Waals surface area (Å²) < 4.78 is 28.0. The molecule has 7 nitrogen and oxygen atoms in total. The molecular weight excluding hydrogens is 366 g/mol. The number of esters is 1. The third-order valence-corrected chi connectivity index (χ3v) is 7.14. The highest BCUT2D eigenvalue weighted by atomic mass is 32.2. The lowest BCUT2D eigenvalue weighted by molar-refractivity contribution is -0.116. The van der Waals surface area contributed by atoms with Crippen molar-refractivity contribution < 1.29 is 27.5 Å². The molecule has 1 atom stereocenters. The number of ketones is 1. The summed E-state index contributed by atoms with van der Waals surface area (Å²) >= 11 is 1.03. The van der Waals surface area contributed by atoms with Gasteiger partial charge in [0, 0.05) is 6.42 Å². The summed E-state index contributed by atoms with van der Waals surface area (Å²) in [5, 5.41) is 2.92. The summed E-state index contributed by atoms with van der Waals surface area (Å²) in [5.74, 6) is -1.27. The third-order valence-electron chi connectivity index (χ3n) is 4.00. The Morgan fingerprint density at radius 2 is 2.00 bits per heavy atom. The van der Waals surface area contributed by atoms with Gasteiger partial charge in [0.05, 0.1) is 28.6 Å². The van der Waals surface area contributed by atoms with Gasteiger partial charge in [-0.25, -0.2) is 13.2 Å². The van der Waals surface area contributed by atoms with E-state index in [9.17, 15) is 22.8 Å². The largest absolute Gasteiger partial charge is 0.462 e. The van der Waals surface area contributed by atoms with Crippen LogP contribution in [0.4, 0.5) is 5.00 Å². The van der Waals surface area contributed by atoms with E-state index in [1.54, 1.807) is 13.8 Å². The van der Waals surface area contributed by atoms with Gasteiger partial charge in [-0.05, 0) is 38.7 Å². The average molecular weight is 387 g/mol. The van der Waals surface area contributed by atoms with Crippen LogP contribution in [0.1, 0.15) is 52.3 Å². The molecule has 138 valence electrons. The number of hydrogen-bond acceptors (Lipinski definition) is 7. The van der Waals surface area contributed by atoms with Gasteiger partial charge in [-0.15, -0.1) is 11.3 Å². The van der Waals surface area contributed by atoms with Crippen LogP contribution in [0.15, 0.2) is 0 Å². The molecule has 0 aliphatic carbocycles. The summed E-state index contributed by atoms with van der Waals surface area (Å²) in [5.41, 5.74) is 0.666. The summed E-state index contributed by atoms with van der Waals surface area (Å²) in [4.78, 5) is 36.6. The molecule has 1 aliphatic heterocycles. The number of amides is 1. The van der Waals surface area contributed by atoms with Gasteiger partial charge in [0.25, 0.3) is 0 Å². The van der Waals surface area contributed by atoms with E-state index in [0.717, 1.165) is 11.3 Å². The molecule has 1 aromatic rings. The maximum Gasteiger partial charge on any atom is 0.341 e. The molecular formula is C16H21NO6S2. The molecule has 1 amide bonds. The van der Waals surface area contributed by atoms with E-state index < -0.39 is 15.8 Å². The van der Waals surface area contributed by atoms with Crippen LogP contribution in [-0.2, 0) is 19.4 Å². The van der Waals surface area contributed by atoms with E-state index in [1.165, 1.54) is 6.92 Å². The first-order valence-corrected chi connectivity index (χ1v) is 10.6. The fourth-order valence-electron chi connectivity index (χ4n) is 2.86. The van der Waals surface area contributed by atoms with Crippen LogP contribution in [0.2, 0.25) is 0 Å². The zero-order valence-electron chi connectivity index (χ0n) is 14.4. The predicted molar refractivity (Wildman–Crippen MR) is 95.0 cm³/mol. The van der Waals surface area contributed by atoms with E-state index in [2.05, 4.69) is 5.32 Å². The Kier molecular flexibility index (Phi) is 5.99. The number of carbonyl (C=O) groups is 3. The summed E-state index contributed by atoms with van der Waals surface area (Å²) in [7, 11) is -3.05. The number of hydrogen-bond donors (Lipinski definition) is 1. The Balaban J connectivity index is 2.20. The number of sulfone groups is 1. The normalized spacial score (nSPS) is 18.8. The molecule has 0 radical (unpaired) electrons. The monoisotopic (exact) mass is 387 g/mol. The highest BCUT2D eigenvalue weighted by molar-refractivity contribution is 7.91. The highest BCUT2D eigenvalue weighted by Gasteiger charge is 2.30. The second-order valence-corrected chi connectivity index (χ2v) is 9.31. The molecule has 0 unspecified atom stereocenters. The molecule has 25 heavy (non-hydrogen) atoms. The molecule has 1 fully saturated rings. The Hall–Kier alpha value is -1.74. The van der Waals surface area contributed by atoms with Crippen LogP contribution < -0.4 is 5.32 Å². The second kappa shape index (κ2) is 7.65. The van der Waals surface area contributed by atoms with Crippen LogP contribution in [0.5, 0.6) is 0 Å². The molecule has 2 rings (SSSR count). The first-order chi connectivity index (χ1) is 11.6. The lowest BCUT2D eigenvalue weighted by atomic mass is 10.0. The van der Waals surface area contributed by atoms with Crippen LogP contribution in [-0.4, -0.2) is 44.2 Å². The molecule has 1 aliphatic rings. The van der Waals surface area contributed by atoms with Crippen molar-refractivity contribution in [3.63, 3.8) is 0 Å². The van der Waals surface area contributed by atoms with Gasteiger partial charge in [0.1, 0.15) is 5.00 Å². The standard InChI is InChI=1S/C16H21NO6S2/c1-4-23-16(20)13-9(2)14(10(3)18)24-15(13)17-12(19)7-11-5-6-25(21,22)8-11/h11H,4-8H2,1-3H3,(H,17,19)/t11-/m0/s1. The fraction of sp³-hybridized carbons (Fsp3) is 0.562. The van der Waals surface area contributed by atoms with Crippen molar-refractivity contribution in [2.24, 2.45) is 5.92 Å². The lowest BCUT2D eigenvalue weighted by Gasteiger charge is -2.09. The number of Topliss-reactive ketones (excluding diaryl/α,β-unsaturated/α-hetero) is 1. The molecule has 1 N–H and O–H groups in total. The third kappa shape index (κ3) is 4.66. The minimum absolute atomic E-state index is 0.00726. The molecule has 0 aromatic carbocycles. The Morgan fingerprint density at radius 3 is 2.52 bits per heavy atom. The maximum absolute atomic E-state index is 12.3. The zero-order valence-corrected chi connectivity index (χ0v) is 16.0. The van der Waals surface area contributed by atoms with Crippen LogP contribution in [0.25, 0.3) is 0 Å². The SMILES string of the molecule is CCOC(=O)c1c(NC(=O)C[C@@H]2CCS(=O)(=O)C2)sc(C(C)=O)c1C. The van der Waals surface area contributed by atoms with Crippen molar-refractivity contribution in [3.8, 4) is 0 Å². The molecule has 2 heterocycles. The topological polar surface area (TPSA) is 107 Å². The maximum atomic E-state index is 12.3. The van der Waals surface area contributed by atoms with Gasteiger partial charge < -0.3 is 10.1 Å². The van der Waals surface area contributed by atoms with Crippen LogP contribution in [0, 0.1) is 12.8 Å². The van der Waals surface area contributed by atoms with Crippen LogP contribution >= 0.6 is 11.3 Å². The Bertz CT molecular complexity index is 809. The summed E-state index contributed by atoms with van der Waals surface area (Å²) in [6.07, 6.45) is 0.524. The van der Waals surface area contributed by atoms with Crippen molar-refractivity contribution in [2.75, 3.05) is 23.4 Å². The van der Waals surface area contributed by atoms with E-state index in [0.29, 0.717) is 16.9 Å². The first kappa shape index (κ1) is 19.6. The number of carbonyl (C=O) groups excluding carboxylic acids is 3. The van der Waals surface area contributed by atoms with Crippen molar-refractivity contribution in [3.05, 3.63) is 16.0 Å². The minimum Gasteiger partial charge on any atom is -0.462 e. The fourth-order valence-corrected chi connectivity index (χ4v) is 5.83. The second-order valence-electron chi connectivity index (χ2n) is 6.06. The van der Waals surface area contributed by atoms with Crippen molar-refractivity contribution in [2.45, 2.75) is 33.6 Å². The van der Waals surface area contributed by atoms with Gasteiger partial charge in [-0.2, -0.15) is 0 Å². The molecule has 1 aromatic heterocycles. The quantitative estimate of drug-likeness (QED) is 0.592. The van der Waals surface area contributed by atoms with Gasteiger partial charge >= 0.3 is 5.97 Å². The molecule has 1 saturated heterocycles. The smallest absolute Gasteiger partial charge is 0.341 e. The van der Waals surface area contributed by atoms with Gasteiger partial charge in [-0.3, -0.25) is 9.59 Å². The zero-order chi connectivity index (χ0) is 18.8. The van der Waals surface area contributed by atoms with Gasteiger partial charge in [0.15, 0.2) is 15.6 Å². The minimum atomic E-state index is -3.05. The molecule has 0 saturated carbocycles. The highest BCUT2D eigenvalue weighted by Crippen LogP contribution is 2.34. The van der Waals surface area contributed by atoms with E-state index in [-0.39, 0.29) is 52.7 Å². The Labute approximate surface area is 150 Å². The number of anilines is 1. The number of rotatable bonds is 6. The van der Waals surface area contributed by atoms with E-state index >= 15 is 0 Å². The van der Waals surface area contributed by atoms with Gasteiger partial charge in [0.2, 0.25) is 5.91 Å². The predicted octanol–water partition coefficient (Wildman–Crippen LogP) is 2.20. The van der Waals surface area contributed by atoms with Crippen molar-refractivity contribution in [1.82, 2.24) is 0 Å². The summed E-state index contributed by atoms with van der Waals surface area (Å²) in [6, 6.07) is 0. The lowest BCUT2D eigenvalue weighted by Crippen LogP contribution is -2.18. The van der Waals surface area contributed by atoms with Crippen molar-refractivity contribution >= 4 is 43.8 Å². The summed E-state index contributed by atoms with van der Waals surface area (Å²) in [6.45, 7) is 4.88. The number of ether oxygens (including phenoxy) is 1. The average Bonchev–Trinajstić information content (AvgIpc) is 2.98. The molecule has 0 bridgehead atoms. The van der Waals surface area contributed by atoms with Gasteiger partial charge in [-0.1, -0.05) is 0 Å². The number of thiophene rings is 1. The number of nitrogens with one attached hydrogen (secondary N) is 1. The molecule has 9 heteroatoms. The van der Waals surface area contributed by atoms with E-state index in [1.807, 2.05) is 0 Å². The first-order valence-electron chi connectivity index (χ1n) is 7.96. The van der Waals surface area contributed by atoms with E-state index in [4.69, 9.17) is 4.74 Å². The molecule has 0 spiro atoms. The Morgan fingerprint density at radius 1 is 1.32 bits per heavy atom.